The Kier molecular flexibility index (Phi) is 8.44. The highest BCUT2D eigenvalue weighted by molar-refractivity contribution is 5.78. The molecule has 2 aliphatic carbocycles. The minimum Gasteiger partial charge on any atom is -0.390 e. The predicted molar refractivity (Wildman–Crippen MR) is 116 cm³/mol. The number of β-amino-alcohol motifs (C(OH)–C–C–N with tert-alkyl or cyclic N) is 1. The van der Waals surface area contributed by atoms with Crippen LogP contribution in [0.2, 0.25) is 0 Å². The molecule has 2 saturated heterocycles. The molecule has 0 bridgehead atoms. The number of likely N-dealkylation sites (tertiary alicyclic amines) is 1. The number of nitrogens with zero attached hydrogens (tertiary/aromatic N) is 1. The average molecular weight is 423 g/mol. The number of hydrogen-bond donors (Lipinski definition) is 2. The molecule has 0 aromatic heterocycles. The van der Waals surface area contributed by atoms with Crippen molar-refractivity contribution in [2.75, 3.05) is 39.4 Å². The number of rotatable bonds is 7. The highest BCUT2D eigenvalue weighted by atomic mass is 16.5. The minimum atomic E-state index is -0.470. The summed E-state index contributed by atoms with van der Waals surface area (Å²) < 4.78 is 11.6. The zero-order valence-electron chi connectivity index (χ0n) is 18.6. The predicted octanol–water partition coefficient (Wildman–Crippen LogP) is 2.73. The first-order valence-corrected chi connectivity index (χ1v) is 12.6. The quantitative estimate of drug-likeness (QED) is 0.660. The van der Waals surface area contributed by atoms with Crippen molar-refractivity contribution in [1.29, 1.82) is 0 Å². The minimum absolute atomic E-state index is 0.0738. The fourth-order valence-corrected chi connectivity index (χ4v) is 6.11. The van der Waals surface area contributed by atoms with E-state index >= 15 is 0 Å². The van der Waals surface area contributed by atoms with E-state index < -0.39 is 6.10 Å². The number of carbonyl (C=O) groups is 1. The molecular formula is C24H42N2O4. The van der Waals surface area contributed by atoms with E-state index in [1.165, 1.54) is 32.1 Å². The third kappa shape index (κ3) is 6.41. The normalized spacial score (nSPS) is 34.8. The van der Waals surface area contributed by atoms with Crippen molar-refractivity contribution in [1.82, 2.24) is 10.2 Å². The van der Waals surface area contributed by atoms with Crippen LogP contribution in [-0.2, 0) is 14.3 Å². The molecular weight excluding hydrogens is 380 g/mol. The molecule has 2 saturated carbocycles. The van der Waals surface area contributed by atoms with Crippen molar-refractivity contribution in [3.05, 3.63) is 0 Å². The lowest BCUT2D eigenvalue weighted by molar-refractivity contribution is -0.128. The first-order valence-electron chi connectivity index (χ1n) is 12.6. The summed E-state index contributed by atoms with van der Waals surface area (Å²) in [6.07, 6.45) is 12.7. The monoisotopic (exact) mass is 422 g/mol. The molecule has 172 valence electrons. The molecule has 6 heteroatoms. The second-order valence-electron chi connectivity index (χ2n) is 10.2. The number of amides is 1. The smallest absolute Gasteiger partial charge is 0.223 e. The summed E-state index contributed by atoms with van der Waals surface area (Å²) in [4.78, 5) is 15.0. The van der Waals surface area contributed by atoms with Crippen LogP contribution in [0.15, 0.2) is 0 Å². The van der Waals surface area contributed by atoms with E-state index in [0.29, 0.717) is 25.3 Å². The highest BCUT2D eigenvalue weighted by Gasteiger charge is 2.32. The maximum absolute atomic E-state index is 12.6. The van der Waals surface area contributed by atoms with Gasteiger partial charge in [0, 0.05) is 38.8 Å². The van der Waals surface area contributed by atoms with Gasteiger partial charge in [-0.3, -0.25) is 4.79 Å². The van der Waals surface area contributed by atoms with Gasteiger partial charge >= 0.3 is 0 Å². The first-order chi connectivity index (χ1) is 14.7. The second kappa shape index (κ2) is 11.3. The molecule has 2 aliphatic heterocycles. The van der Waals surface area contributed by atoms with Gasteiger partial charge in [0.05, 0.1) is 18.3 Å². The van der Waals surface area contributed by atoms with E-state index in [2.05, 4.69) is 10.2 Å². The van der Waals surface area contributed by atoms with Crippen LogP contribution in [0.5, 0.6) is 0 Å². The van der Waals surface area contributed by atoms with E-state index in [4.69, 9.17) is 9.47 Å². The van der Waals surface area contributed by atoms with Gasteiger partial charge in [-0.25, -0.2) is 0 Å². The van der Waals surface area contributed by atoms with Gasteiger partial charge in [-0.15, -0.1) is 0 Å². The van der Waals surface area contributed by atoms with Crippen LogP contribution in [0, 0.1) is 17.8 Å². The molecule has 4 rings (SSSR count). The van der Waals surface area contributed by atoms with Gasteiger partial charge in [-0.1, -0.05) is 19.3 Å². The molecule has 0 spiro atoms. The van der Waals surface area contributed by atoms with Gasteiger partial charge in [0.25, 0.3) is 0 Å². The number of carbonyl (C=O) groups excluding carboxylic acids is 1. The number of aliphatic hydroxyl groups excluding tert-OH is 1. The number of aliphatic hydroxyl groups is 1. The summed E-state index contributed by atoms with van der Waals surface area (Å²) in [7, 11) is 0. The zero-order valence-corrected chi connectivity index (χ0v) is 18.6. The van der Waals surface area contributed by atoms with Gasteiger partial charge in [0.1, 0.15) is 0 Å². The summed E-state index contributed by atoms with van der Waals surface area (Å²) in [6, 6.07) is 0. The molecule has 4 fully saturated rings. The fourth-order valence-electron chi connectivity index (χ4n) is 6.11. The van der Waals surface area contributed by atoms with Crippen molar-refractivity contribution in [3.8, 4) is 0 Å². The fraction of sp³-hybridized carbons (Fsp3) is 0.958. The zero-order chi connectivity index (χ0) is 20.8. The van der Waals surface area contributed by atoms with Crippen LogP contribution >= 0.6 is 0 Å². The van der Waals surface area contributed by atoms with E-state index in [-0.39, 0.29) is 11.8 Å². The molecule has 6 nitrogen and oxygen atoms in total. The Morgan fingerprint density at radius 1 is 0.967 bits per heavy atom. The molecule has 2 N–H and O–H groups in total. The van der Waals surface area contributed by atoms with Crippen molar-refractivity contribution in [2.45, 2.75) is 88.9 Å². The summed E-state index contributed by atoms with van der Waals surface area (Å²) in [5.74, 6) is 1.93. The third-order valence-corrected chi connectivity index (χ3v) is 7.95. The number of ether oxygens (including phenoxy) is 2. The number of fused-ring (bicyclic) bond motifs is 1. The molecule has 30 heavy (non-hydrogen) atoms. The van der Waals surface area contributed by atoms with Crippen molar-refractivity contribution < 1.29 is 19.4 Å². The Balaban J connectivity index is 1.10. The van der Waals surface area contributed by atoms with Crippen LogP contribution in [0.25, 0.3) is 0 Å². The number of nitrogens with one attached hydrogen (secondary N) is 1. The molecule has 1 amide bonds. The maximum atomic E-state index is 12.6. The lowest BCUT2D eigenvalue weighted by Crippen LogP contribution is -2.47. The van der Waals surface area contributed by atoms with Gasteiger partial charge in [-0.2, -0.15) is 0 Å². The molecule has 3 unspecified atom stereocenters. The Hall–Kier alpha value is -0.690. The van der Waals surface area contributed by atoms with Crippen molar-refractivity contribution in [2.24, 2.45) is 17.8 Å². The second-order valence-corrected chi connectivity index (χ2v) is 10.2. The summed E-state index contributed by atoms with van der Waals surface area (Å²) in [6.45, 7) is 4.92. The van der Waals surface area contributed by atoms with Gasteiger partial charge in [0.15, 0.2) is 0 Å². The molecule has 0 radical (unpaired) electrons. The standard InChI is InChI=1S/C24H42N2O4/c27-21(17-26-12-9-18-3-1-2-4-20(18)16-26)15-25-24(28)19-5-7-22(8-6-19)30-23-10-13-29-14-11-23/h18-23,27H,1-17H2,(H,25,28). The summed E-state index contributed by atoms with van der Waals surface area (Å²) in [5, 5.41) is 13.5. The van der Waals surface area contributed by atoms with E-state index in [1.807, 2.05) is 0 Å². The van der Waals surface area contributed by atoms with Gasteiger partial charge < -0.3 is 24.8 Å². The maximum Gasteiger partial charge on any atom is 0.223 e. The summed E-state index contributed by atoms with van der Waals surface area (Å²) in [5.41, 5.74) is 0. The van der Waals surface area contributed by atoms with Crippen LogP contribution < -0.4 is 5.32 Å². The summed E-state index contributed by atoms with van der Waals surface area (Å²) >= 11 is 0. The molecule has 3 atom stereocenters. The van der Waals surface area contributed by atoms with E-state index in [0.717, 1.165) is 76.7 Å². The molecule has 4 aliphatic rings. The molecule has 2 heterocycles. The van der Waals surface area contributed by atoms with Crippen LogP contribution in [0.1, 0.15) is 70.6 Å². The Bertz CT molecular complexity index is 531. The number of hydrogen-bond acceptors (Lipinski definition) is 5. The molecule has 0 aromatic carbocycles. The molecule has 0 aromatic rings. The van der Waals surface area contributed by atoms with Crippen LogP contribution in [0.3, 0.4) is 0 Å². The van der Waals surface area contributed by atoms with E-state index in [9.17, 15) is 9.90 Å². The lowest BCUT2D eigenvalue weighted by Gasteiger charge is -2.41. The topological polar surface area (TPSA) is 71.0 Å². The third-order valence-electron chi connectivity index (χ3n) is 7.95. The van der Waals surface area contributed by atoms with Crippen molar-refractivity contribution >= 4 is 5.91 Å². The lowest BCUT2D eigenvalue weighted by atomic mass is 9.75. The Morgan fingerprint density at radius 2 is 1.67 bits per heavy atom. The van der Waals surface area contributed by atoms with Gasteiger partial charge in [-0.05, 0) is 69.7 Å². The Morgan fingerprint density at radius 3 is 2.43 bits per heavy atom. The Labute approximate surface area is 182 Å². The SMILES string of the molecule is O=C(NCC(O)CN1CCC2CCCCC2C1)C1CCC(OC2CCOCC2)CC1. The highest BCUT2D eigenvalue weighted by Crippen LogP contribution is 2.36. The van der Waals surface area contributed by atoms with Crippen LogP contribution in [-0.4, -0.2) is 73.6 Å². The van der Waals surface area contributed by atoms with Crippen molar-refractivity contribution in [3.63, 3.8) is 0 Å². The average Bonchev–Trinajstić information content (AvgIpc) is 2.78. The van der Waals surface area contributed by atoms with E-state index in [1.54, 1.807) is 0 Å². The van der Waals surface area contributed by atoms with Gasteiger partial charge in [0.2, 0.25) is 5.91 Å². The first kappa shape index (κ1) is 22.5. The van der Waals surface area contributed by atoms with Crippen LogP contribution in [0.4, 0.5) is 0 Å². The number of piperidine rings is 1. The largest absolute Gasteiger partial charge is 0.390 e.